The van der Waals surface area contributed by atoms with Gasteiger partial charge in [-0.2, -0.15) is 0 Å². The zero-order chi connectivity index (χ0) is 21.3. The van der Waals surface area contributed by atoms with Gasteiger partial charge in [-0.25, -0.2) is 14.8 Å². The molecule has 0 unspecified atom stereocenters. The van der Waals surface area contributed by atoms with Crippen molar-refractivity contribution in [3.8, 4) is 0 Å². The highest BCUT2D eigenvalue weighted by molar-refractivity contribution is 6.08. The number of para-hydroxylation sites is 2. The van der Waals surface area contributed by atoms with Crippen molar-refractivity contribution in [1.82, 2.24) is 14.5 Å². The fraction of sp³-hybridized carbons (Fsp3) is 0.542. The summed E-state index contributed by atoms with van der Waals surface area (Å²) in [4.78, 5) is 22.4. The minimum absolute atomic E-state index is 0.354. The normalized spacial score (nSPS) is 11.4. The van der Waals surface area contributed by atoms with E-state index in [2.05, 4.69) is 13.8 Å². The molecule has 3 rings (SSSR count). The summed E-state index contributed by atoms with van der Waals surface area (Å²) in [6, 6.07) is 7.69. The molecule has 162 valence electrons. The Morgan fingerprint density at radius 3 is 2.27 bits per heavy atom. The minimum atomic E-state index is -0.398. The first-order valence-corrected chi connectivity index (χ1v) is 11.4. The predicted octanol–water partition coefficient (Wildman–Crippen LogP) is 5.87. The number of carbonyl (C=O) groups is 1. The molecule has 1 aromatic carbocycles. The highest BCUT2D eigenvalue weighted by atomic mass is 16.5. The Balaban J connectivity index is 1.87. The fourth-order valence-electron chi connectivity index (χ4n) is 3.78. The molecule has 0 aliphatic heterocycles. The van der Waals surface area contributed by atoms with Gasteiger partial charge in [0, 0.05) is 6.54 Å². The lowest BCUT2D eigenvalue weighted by molar-refractivity contribution is 0.0501. The van der Waals surface area contributed by atoms with Crippen molar-refractivity contribution >= 4 is 34.0 Å². The van der Waals surface area contributed by atoms with Crippen LogP contribution in [-0.4, -0.2) is 27.1 Å². The Hall–Kier alpha value is -2.63. The number of esters is 1. The van der Waals surface area contributed by atoms with Crippen molar-refractivity contribution in [2.24, 2.45) is 0 Å². The maximum atomic E-state index is 12.9. The Labute approximate surface area is 178 Å². The molecule has 0 radical (unpaired) electrons. The van der Waals surface area contributed by atoms with Crippen LogP contribution in [0.3, 0.4) is 0 Å². The number of nitrogens with two attached hydrogens (primary N) is 1. The molecule has 0 atom stereocenters. The third-order valence-electron chi connectivity index (χ3n) is 5.51. The van der Waals surface area contributed by atoms with Crippen molar-refractivity contribution in [1.29, 1.82) is 0 Å². The maximum Gasteiger partial charge on any atom is 0.344 e. The van der Waals surface area contributed by atoms with Crippen LogP contribution in [0.25, 0.3) is 22.2 Å². The van der Waals surface area contributed by atoms with Crippen LogP contribution in [0.15, 0.2) is 24.3 Å². The van der Waals surface area contributed by atoms with E-state index in [-0.39, 0.29) is 0 Å². The SMILES string of the molecule is CCCCCCCOC(=O)c1c(N)n(CCCCCC)c2nc3ccccc3nc12. The number of nitrogen functional groups attached to an aromatic ring is 1. The van der Waals surface area contributed by atoms with Crippen molar-refractivity contribution < 1.29 is 9.53 Å². The number of aryl methyl sites for hydroxylation is 1. The molecular formula is C24H34N4O2. The molecule has 0 aliphatic rings. The zero-order valence-electron chi connectivity index (χ0n) is 18.3. The smallest absolute Gasteiger partial charge is 0.344 e. The van der Waals surface area contributed by atoms with E-state index in [1.807, 2.05) is 28.8 Å². The third-order valence-corrected chi connectivity index (χ3v) is 5.51. The summed E-state index contributed by atoms with van der Waals surface area (Å²) in [5.74, 6) is 0.0117. The molecule has 0 spiro atoms. The molecule has 0 aliphatic carbocycles. The molecule has 0 bridgehead atoms. The van der Waals surface area contributed by atoms with Crippen LogP contribution in [0, 0.1) is 0 Å². The maximum absolute atomic E-state index is 12.9. The van der Waals surface area contributed by atoms with E-state index in [4.69, 9.17) is 20.4 Å². The first kappa shape index (κ1) is 22.1. The number of fused-ring (bicyclic) bond motifs is 2. The van der Waals surface area contributed by atoms with Crippen molar-refractivity contribution in [3.05, 3.63) is 29.8 Å². The van der Waals surface area contributed by atoms with E-state index >= 15 is 0 Å². The second kappa shape index (κ2) is 11.0. The number of benzene rings is 1. The molecule has 30 heavy (non-hydrogen) atoms. The summed E-state index contributed by atoms with van der Waals surface area (Å²) < 4.78 is 7.50. The molecule has 2 N–H and O–H groups in total. The van der Waals surface area contributed by atoms with Crippen molar-refractivity contribution in [2.45, 2.75) is 78.2 Å². The van der Waals surface area contributed by atoms with Crippen molar-refractivity contribution in [3.63, 3.8) is 0 Å². The molecule has 2 heterocycles. The monoisotopic (exact) mass is 410 g/mol. The van der Waals surface area contributed by atoms with Crippen LogP contribution in [0.2, 0.25) is 0 Å². The summed E-state index contributed by atoms with van der Waals surface area (Å²) in [6.07, 6.45) is 9.98. The fourth-order valence-corrected chi connectivity index (χ4v) is 3.78. The molecule has 2 aromatic heterocycles. The van der Waals surface area contributed by atoms with Gasteiger partial charge < -0.3 is 15.0 Å². The Morgan fingerprint density at radius 2 is 1.57 bits per heavy atom. The van der Waals surface area contributed by atoms with Gasteiger partial charge in [0.25, 0.3) is 0 Å². The second-order valence-corrected chi connectivity index (χ2v) is 7.91. The molecule has 3 aromatic rings. The van der Waals surface area contributed by atoms with Gasteiger partial charge in [0.15, 0.2) is 5.65 Å². The molecular weight excluding hydrogens is 376 g/mol. The number of anilines is 1. The lowest BCUT2D eigenvalue weighted by Crippen LogP contribution is -2.11. The van der Waals surface area contributed by atoms with Gasteiger partial charge in [-0.1, -0.05) is 70.9 Å². The summed E-state index contributed by atoms with van der Waals surface area (Å²) in [5.41, 5.74) is 9.56. The summed E-state index contributed by atoms with van der Waals surface area (Å²) in [6.45, 7) is 5.50. The van der Waals surface area contributed by atoms with E-state index in [9.17, 15) is 4.79 Å². The Kier molecular flexibility index (Phi) is 8.05. The quantitative estimate of drug-likeness (QED) is 0.298. The predicted molar refractivity (Wildman–Crippen MR) is 123 cm³/mol. The zero-order valence-corrected chi connectivity index (χ0v) is 18.3. The summed E-state index contributed by atoms with van der Waals surface area (Å²) >= 11 is 0. The standard InChI is InChI=1S/C24H34N4O2/c1-3-5-7-9-13-17-30-24(29)20-21-23(27-19-15-11-10-14-18(19)26-21)28(22(20)25)16-12-8-6-4-2/h10-11,14-15H,3-9,12-13,16-17,25H2,1-2H3. The van der Waals surface area contributed by atoms with Gasteiger partial charge in [0.05, 0.1) is 17.6 Å². The van der Waals surface area contributed by atoms with E-state index in [1.165, 1.54) is 32.1 Å². The molecule has 0 amide bonds. The van der Waals surface area contributed by atoms with E-state index in [0.717, 1.165) is 43.3 Å². The average Bonchev–Trinajstić information content (AvgIpc) is 3.02. The van der Waals surface area contributed by atoms with E-state index < -0.39 is 5.97 Å². The van der Waals surface area contributed by atoms with Gasteiger partial charge in [-0.05, 0) is 25.0 Å². The summed E-state index contributed by atoms with van der Waals surface area (Å²) in [5, 5.41) is 0. The number of nitrogens with zero attached hydrogens (tertiary/aromatic N) is 3. The van der Waals surface area contributed by atoms with Crippen LogP contribution in [0.1, 0.15) is 82.0 Å². The van der Waals surface area contributed by atoms with Crippen molar-refractivity contribution in [2.75, 3.05) is 12.3 Å². The van der Waals surface area contributed by atoms with Gasteiger partial charge in [0.2, 0.25) is 0 Å². The van der Waals surface area contributed by atoms with Crippen LogP contribution < -0.4 is 5.73 Å². The van der Waals surface area contributed by atoms with Crippen LogP contribution in [0.5, 0.6) is 0 Å². The van der Waals surface area contributed by atoms with Crippen LogP contribution in [0.4, 0.5) is 5.82 Å². The lowest BCUT2D eigenvalue weighted by atomic mass is 10.2. The largest absolute Gasteiger partial charge is 0.462 e. The summed E-state index contributed by atoms with van der Waals surface area (Å²) in [7, 11) is 0. The van der Waals surface area contributed by atoms with Crippen LogP contribution in [-0.2, 0) is 11.3 Å². The highest BCUT2D eigenvalue weighted by Crippen LogP contribution is 2.29. The molecule has 0 saturated heterocycles. The average molecular weight is 411 g/mol. The number of aromatic nitrogens is 3. The highest BCUT2D eigenvalue weighted by Gasteiger charge is 2.24. The Morgan fingerprint density at radius 1 is 0.933 bits per heavy atom. The number of unbranched alkanes of at least 4 members (excludes halogenated alkanes) is 7. The first-order valence-electron chi connectivity index (χ1n) is 11.4. The molecule has 6 nitrogen and oxygen atoms in total. The number of carbonyl (C=O) groups excluding carboxylic acids is 1. The van der Waals surface area contributed by atoms with E-state index in [0.29, 0.717) is 29.2 Å². The second-order valence-electron chi connectivity index (χ2n) is 7.91. The Bertz CT molecular complexity index is 980. The minimum Gasteiger partial charge on any atom is -0.462 e. The van der Waals surface area contributed by atoms with Gasteiger partial charge >= 0.3 is 5.97 Å². The van der Waals surface area contributed by atoms with Crippen LogP contribution >= 0.6 is 0 Å². The third kappa shape index (κ3) is 5.10. The van der Waals surface area contributed by atoms with Gasteiger partial charge in [0.1, 0.15) is 16.9 Å². The number of rotatable bonds is 12. The molecule has 0 fully saturated rings. The van der Waals surface area contributed by atoms with Gasteiger partial charge in [-0.15, -0.1) is 0 Å². The number of hydrogen-bond acceptors (Lipinski definition) is 5. The van der Waals surface area contributed by atoms with E-state index in [1.54, 1.807) is 0 Å². The van der Waals surface area contributed by atoms with Gasteiger partial charge in [-0.3, -0.25) is 0 Å². The topological polar surface area (TPSA) is 83.0 Å². The lowest BCUT2D eigenvalue weighted by Gasteiger charge is -2.08. The molecule has 0 saturated carbocycles. The first-order chi connectivity index (χ1) is 14.7. The number of ether oxygens (including phenoxy) is 1. The molecule has 6 heteroatoms. The number of hydrogen-bond donors (Lipinski definition) is 1.